The summed E-state index contributed by atoms with van der Waals surface area (Å²) in [5.74, 6) is 1.56. The molecule has 6 nitrogen and oxygen atoms in total. The lowest BCUT2D eigenvalue weighted by Crippen LogP contribution is -2.17. The number of nitrogens with zero attached hydrogens (tertiary/aromatic N) is 4. The van der Waals surface area contributed by atoms with Crippen LogP contribution in [-0.2, 0) is 4.79 Å². The van der Waals surface area contributed by atoms with Crippen LogP contribution in [0.4, 0.5) is 10.1 Å². The van der Waals surface area contributed by atoms with Crippen LogP contribution >= 0.6 is 0 Å². The Bertz CT molecular complexity index is 766. The van der Waals surface area contributed by atoms with Gasteiger partial charge in [0.15, 0.2) is 5.82 Å². The van der Waals surface area contributed by atoms with E-state index in [0.717, 1.165) is 18.7 Å². The highest BCUT2D eigenvalue weighted by molar-refractivity contribution is 5.91. The monoisotopic (exact) mass is 329 g/mol. The van der Waals surface area contributed by atoms with Gasteiger partial charge in [-0.05, 0) is 66.1 Å². The first-order valence-electron chi connectivity index (χ1n) is 8.50. The normalized spacial score (nSPS) is 18.4. The third kappa shape index (κ3) is 3.16. The first-order valence-corrected chi connectivity index (χ1v) is 8.50. The standard InChI is InChI=1S/C17H20FN5O/c1-10(11-2-3-11)8-16(24)19-15-9-13(6-7-14(15)18)23-17(12-4-5-12)20-21-22-23/h6-7,9-12H,2-5,8H2,1H3,(H,19,24)/t10-/m0/s1. The summed E-state index contributed by atoms with van der Waals surface area (Å²) < 4.78 is 15.7. The van der Waals surface area contributed by atoms with Crippen molar-refractivity contribution in [1.82, 2.24) is 20.2 Å². The molecular weight excluding hydrogens is 309 g/mol. The van der Waals surface area contributed by atoms with Gasteiger partial charge in [0.2, 0.25) is 5.91 Å². The van der Waals surface area contributed by atoms with Gasteiger partial charge in [-0.15, -0.1) is 5.10 Å². The number of carbonyl (C=O) groups excluding carboxylic acids is 1. The van der Waals surface area contributed by atoms with Gasteiger partial charge < -0.3 is 5.32 Å². The molecule has 7 heteroatoms. The van der Waals surface area contributed by atoms with Gasteiger partial charge in [0, 0.05) is 12.3 Å². The number of hydrogen-bond acceptors (Lipinski definition) is 4. The number of nitrogens with one attached hydrogen (secondary N) is 1. The van der Waals surface area contributed by atoms with E-state index in [9.17, 15) is 9.18 Å². The molecule has 0 unspecified atom stereocenters. The number of rotatable bonds is 6. The molecule has 2 aromatic rings. The second-order valence-corrected chi connectivity index (χ2v) is 6.95. The molecule has 1 heterocycles. The zero-order chi connectivity index (χ0) is 16.7. The molecule has 2 aliphatic rings. The van der Waals surface area contributed by atoms with Gasteiger partial charge in [0.1, 0.15) is 5.82 Å². The topological polar surface area (TPSA) is 72.7 Å². The van der Waals surface area contributed by atoms with Crippen molar-refractivity contribution >= 4 is 11.6 Å². The SMILES string of the molecule is C[C@@H](CC(=O)Nc1cc(-n2nnnc2C2CC2)ccc1F)C1CC1. The number of hydrogen-bond donors (Lipinski definition) is 1. The number of aromatic nitrogens is 4. The molecule has 0 radical (unpaired) electrons. The number of carbonyl (C=O) groups is 1. The molecule has 0 aliphatic heterocycles. The van der Waals surface area contributed by atoms with E-state index in [1.165, 1.54) is 18.9 Å². The minimum absolute atomic E-state index is 0.149. The Kier molecular flexibility index (Phi) is 3.78. The summed E-state index contributed by atoms with van der Waals surface area (Å²) >= 11 is 0. The van der Waals surface area contributed by atoms with E-state index in [2.05, 4.69) is 27.8 Å². The zero-order valence-electron chi connectivity index (χ0n) is 13.6. The Balaban J connectivity index is 1.52. The average Bonchev–Trinajstić information content (AvgIpc) is 3.47. The van der Waals surface area contributed by atoms with Gasteiger partial charge >= 0.3 is 0 Å². The fourth-order valence-electron chi connectivity index (χ4n) is 3.04. The van der Waals surface area contributed by atoms with Crippen LogP contribution in [0.5, 0.6) is 0 Å². The first-order chi connectivity index (χ1) is 11.6. The predicted molar refractivity (Wildman–Crippen MR) is 86.2 cm³/mol. The van der Waals surface area contributed by atoms with Crippen molar-refractivity contribution in [3.63, 3.8) is 0 Å². The predicted octanol–water partition coefficient (Wildman–Crippen LogP) is 3.05. The van der Waals surface area contributed by atoms with E-state index >= 15 is 0 Å². The quantitative estimate of drug-likeness (QED) is 0.884. The molecule has 0 spiro atoms. The molecule has 126 valence electrons. The van der Waals surface area contributed by atoms with Gasteiger partial charge in [-0.3, -0.25) is 4.79 Å². The third-order valence-corrected chi connectivity index (χ3v) is 4.84. The van der Waals surface area contributed by atoms with Crippen molar-refractivity contribution in [2.75, 3.05) is 5.32 Å². The maximum Gasteiger partial charge on any atom is 0.224 e. The molecular formula is C17H20FN5O. The summed E-state index contributed by atoms with van der Waals surface area (Å²) in [6.45, 7) is 2.08. The number of tetrazole rings is 1. The fourth-order valence-corrected chi connectivity index (χ4v) is 3.04. The van der Waals surface area contributed by atoms with Crippen molar-refractivity contribution in [3.8, 4) is 5.69 Å². The molecule has 2 saturated carbocycles. The Morgan fingerprint density at radius 1 is 1.38 bits per heavy atom. The van der Waals surface area contributed by atoms with Crippen LogP contribution in [0, 0.1) is 17.7 Å². The lowest BCUT2D eigenvalue weighted by Gasteiger charge is -2.12. The number of halogens is 1. The van der Waals surface area contributed by atoms with Crippen molar-refractivity contribution < 1.29 is 9.18 Å². The highest BCUT2D eigenvalue weighted by Gasteiger charge is 2.31. The number of benzene rings is 1. The Hall–Kier alpha value is -2.31. The molecule has 1 N–H and O–H groups in total. The van der Waals surface area contributed by atoms with Gasteiger partial charge in [-0.2, -0.15) is 4.68 Å². The lowest BCUT2D eigenvalue weighted by molar-refractivity contribution is -0.117. The molecule has 2 aliphatic carbocycles. The summed E-state index contributed by atoms with van der Waals surface area (Å²) in [6.07, 6.45) is 4.96. The van der Waals surface area contributed by atoms with Gasteiger partial charge in [0.05, 0.1) is 11.4 Å². The summed E-state index contributed by atoms with van der Waals surface area (Å²) in [5.41, 5.74) is 0.839. The minimum Gasteiger partial charge on any atom is -0.324 e. The smallest absolute Gasteiger partial charge is 0.224 e. The molecule has 4 rings (SSSR count). The summed E-state index contributed by atoms with van der Waals surface area (Å²) in [4.78, 5) is 12.2. The van der Waals surface area contributed by atoms with Crippen LogP contribution in [0.3, 0.4) is 0 Å². The van der Waals surface area contributed by atoms with Crippen LogP contribution in [-0.4, -0.2) is 26.1 Å². The summed E-state index contributed by atoms with van der Waals surface area (Å²) in [6, 6.07) is 4.56. The zero-order valence-corrected chi connectivity index (χ0v) is 13.6. The van der Waals surface area contributed by atoms with Gasteiger partial charge in [-0.25, -0.2) is 4.39 Å². The summed E-state index contributed by atoms with van der Waals surface area (Å²) in [7, 11) is 0. The van der Waals surface area contributed by atoms with Gasteiger partial charge in [-0.1, -0.05) is 6.92 Å². The highest BCUT2D eigenvalue weighted by Crippen LogP contribution is 2.39. The van der Waals surface area contributed by atoms with Crippen LogP contribution in [0.1, 0.15) is 50.8 Å². The Morgan fingerprint density at radius 3 is 2.88 bits per heavy atom. The van der Waals surface area contributed by atoms with E-state index in [0.29, 0.717) is 29.9 Å². The fraction of sp³-hybridized carbons (Fsp3) is 0.529. The summed E-state index contributed by atoms with van der Waals surface area (Å²) in [5, 5.41) is 14.5. The Labute approximate surface area is 139 Å². The second kappa shape index (κ2) is 5.96. The van der Waals surface area contributed by atoms with E-state index in [1.54, 1.807) is 16.8 Å². The number of amides is 1. The molecule has 1 aromatic carbocycles. The van der Waals surface area contributed by atoms with Crippen LogP contribution in [0.15, 0.2) is 18.2 Å². The van der Waals surface area contributed by atoms with E-state index < -0.39 is 5.82 Å². The van der Waals surface area contributed by atoms with E-state index in [1.807, 2.05) is 0 Å². The van der Waals surface area contributed by atoms with Crippen molar-refractivity contribution in [3.05, 3.63) is 29.8 Å². The lowest BCUT2D eigenvalue weighted by atomic mass is 10.0. The molecule has 2 fully saturated rings. The third-order valence-electron chi connectivity index (χ3n) is 4.84. The van der Waals surface area contributed by atoms with Crippen LogP contribution in [0.25, 0.3) is 5.69 Å². The van der Waals surface area contributed by atoms with Crippen LogP contribution < -0.4 is 5.32 Å². The molecule has 0 bridgehead atoms. The average molecular weight is 329 g/mol. The Morgan fingerprint density at radius 2 is 2.17 bits per heavy atom. The second-order valence-electron chi connectivity index (χ2n) is 6.95. The van der Waals surface area contributed by atoms with E-state index in [4.69, 9.17) is 0 Å². The van der Waals surface area contributed by atoms with E-state index in [-0.39, 0.29) is 11.6 Å². The largest absolute Gasteiger partial charge is 0.324 e. The minimum atomic E-state index is -0.452. The van der Waals surface area contributed by atoms with Crippen molar-refractivity contribution in [1.29, 1.82) is 0 Å². The highest BCUT2D eigenvalue weighted by atomic mass is 19.1. The maximum atomic E-state index is 14.1. The van der Waals surface area contributed by atoms with Crippen LogP contribution in [0.2, 0.25) is 0 Å². The van der Waals surface area contributed by atoms with Gasteiger partial charge in [0.25, 0.3) is 0 Å². The van der Waals surface area contributed by atoms with Crippen molar-refractivity contribution in [2.24, 2.45) is 11.8 Å². The number of anilines is 1. The molecule has 1 atom stereocenters. The molecule has 1 aromatic heterocycles. The molecule has 24 heavy (non-hydrogen) atoms. The molecule has 1 amide bonds. The first kappa shape index (κ1) is 15.2. The molecule has 0 saturated heterocycles. The van der Waals surface area contributed by atoms with Crippen molar-refractivity contribution in [2.45, 2.75) is 44.9 Å². The maximum absolute atomic E-state index is 14.1.